The summed E-state index contributed by atoms with van der Waals surface area (Å²) < 4.78 is 30.0. The van der Waals surface area contributed by atoms with Gasteiger partial charge in [0.25, 0.3) is 11.7 Å². The second-order valence-corrected chi connectivity index (χ2v) is 6.39. The monoisotopic (exact) mass is 365 g/mol. The number of morpholine rings is 1. The van der Waals surface area contributed by atoms with Crippen LogP contribution >= 0.6 is 11.8 Å². The van der Waals surface area contributed by atoms with Gasteiger partial charge in [-0.3, -0.25) is 4.79 Å². The maximum Gasteiger partial charge on any atom is 0.288 e. The van der Waals surface area contributed by atoms with Crippen LogP contribution in [0.25, 0.3) is 0 Å². The Kier molecular flexibility index (Phi) is 5.83. The van der Waals surface area contributed by atoms with Crippen LogP contribution in [0, 0.1) is 0 Å². The minimum Gasteiger partial charge on any atom is -0.378 e. The molecule has 1 N–H and O–H groups in total. The summed E-state index contributed by atoms with van der Waals surface area (Å²) in [5, 5.41) is 2.85. The zero-order valence-electron chi connectivity index (χ0n) is 13.3. The molecule has 2 aromatic rings. The average Bonchev–Trinajstić information content (AvgIpc) is 2.63. The van der Waals surface area contributed by atoms with Crippen LogP contribution in [0.15, 0.2) is 47.5 Å². The number of aromatic nitrogens is 1. The van der Waals surface area contributed by atoms with Gasteiger partial charge < -0.3 is 15.0 Å². The molecular formula is C17H17F2N3O2S. The number of nitrogens with zero attached hydrogens (tertiary/aromatic N) is 2. The van der Waals surface area contributed by atoms with Gasteiger partial charge in [-0.15, -0.1) is 0 Å². The summed E-state index contributed by atoms with van der Waals surface area (Å²) in [7, 11) is 0. The molecule has 0 atom stereocenters. The van der Waals surface area contributed by atoms with Gasteiger partial charge in [-0.2, -0.15) is 8.78 Å². The largest absolute Gasteiger partial charge is 0.378 e. The van der Waals surface area contributed by atoms with Crippen LogP contribution in [-0.4, -0.2) is 43.0 Å². The summed E-state index contributed by atoms with van der Waals surface area (Å²) in [6.07, 6.45) is 1.68. The van der Waals surface area contributed by atoms with Crippen LogP contribution in [0.3, 0.4) is 0 Å². The SMILES string of the molecule is O=C(Nc1cccnc1N1CCOCC1)c1ccc(SC(F)F)cc1. The van der Waals surface area contributed by atoms with Crippen LogP contribution in [0.4, 0.5) is 20.3 Å². The first-order valence-corrected chi connectivity index (χ1v) is 8.65. The summed E-state index contributed by atoms with van der Waals surface area (Å²) in [5.41, 5.74) is 1.01. The van der Waals surface area contributed by atoms with Crippen molar-refractivity contribution < 1.29 is 18.3 Å². The first-order chi connectivity index (χ1) is 12.1. The number of amides is 1. The van der Waals surface area contributed by atoms with Gasteiger partial charge in [0, 0.05) is 29.7 Å². The molecule has 1 aromatic carbocycles. The number of carbonyl (C=O) groups is 1. The maximum absolute atomic E-state index is 12.4. The van der Waals surface area contributed by atoms with Gasteiger partial charge >= 0.3 is 0 Å². The first-order valence-electron chi connectivity index (χ1n) is 7.77. The number of hydrogen-bond acceptors (Lipinski definition) is 5. The normalized spacial score (nSPS) is 14.6. The third-order valence-electron chi connectivity index (χ3n) is 3.69. The van der Waals surface area contributed by atoms with E-state index >= 15 is 0 Å². The zero-order chi connectivity index (χ0) is 17.6. The molecule has 2 heterocycles. The molecule has 3 rings (SSSR count). The predicted molar refractivity (Wildman–Crippen MR) is 93.5 cm³/mol. The second kappa shape index (κ2) is 8.26. The molecule has 0 spiro atoms. The van der Waals surface area contributed by atoms with Crippen molar-refractivity contribution in [2.75, 3.05) is 36.5 Å². The molecule has 1 aliphatic rings. The summed E-state index contributed by atoms with van der Waals surface area (Å²) in [5.74, 6) is -2.09. The Morgan fingerprint density at radius 1 is 1.20 bits per heavy atom. The number of ether oxygens (including phenoxy) is 1. The molecule has 25 heavy (non-hydrogen) atoms. The van der Waals surface area contributed by atoms with E-state index in [9.17, 15) is 13.6 Å². The Morgan fingerprint density at radius 3 is 2.60 bits per heavy atom. The highest BCUT2D eigenvalue weighted by atomic mass is 32.2. The number of alkyl halides is 2. The summed E-state index contributed by atoms with van der Waals surface area (Å²) in [6.45, 7) is 2.65. The molecule has 1 aliphatic heterocycles. The van der Waals surface area contributed by atoms with E-state index in [1.54, 1.807) is 18.3 Å². The lowest BCUT2D eigenvalue weighted by atomic mass is 10.2. The molecule has 0 aliphatic carbocycles. The minimum absolute atomic E-state index is 0.309. The Bertz CT molecular complexity index is 722. The Labute approximate surface area is 148 Å². The van der Waals surface area contributed by atoms with E-state index < -0.39 is 5.76 Å². The van der Waals surface area contributed by atoms with Crippen molar-refractivity contribution in [1.82, 2.24) is 4.98 Å². The number of pyridine rings is 1. The fraction of sp³-hybridized carbons (Fsp3) is 0.294. The molecule has 1 saturated heterocycles. The molecule has 1 aromatic heterocycles. The summed E-state index contributed by atoms with van der Waals surface area (Å²) in [4.78, 5) is 19.3. The van der Waals surface area contributed by atoms with Crippen molar-refractivity contribution in [2.45, 2.75) is 10.7 Å². The predicted octanol–water partition coefficient (Wildman–Crippen LogP) is 3.49. The highest BCUT2D eigenvalue weighted by Gasteiger charge is 2.17. The summed E-state index contributed by atoms with van der Waals surface area (Å²) >= 11 is 0.451. The quantitative estimate of drug-likeness (QED) is 0.822. The third-order valence-corrected chi connectivity index (χ3v) is 4.41. The maximum atomic E-state index is 12.4. The topological polar surface area (TPSA) is 54.5 Å². The number of thioether (sulfide) groups is 1. The molecule has 1 fully saturated rings. The van der Waals surface area contributed by atoms with Crippen molar-refractivity contribution in [3.05, 3.63) is 48.2 Å². The number of halogens is 2. The lowest BCUT2D eigenvalue weighted by molar-refractivity contribution is 0.102. The molecule has 0 radical (unpaired) electrons. The molecule has 132 valence electrons. The van der Waals surface area contributed by atoms with E-state index in [0.29, 0.717) is 60.0 Å². The molecule has 1 amide bonds. The van der Waals surface area contributed by atoms with Crippen LogP contribution in [0.2, 0.25) is 0 Å². The lowest BCUT2D eigenvalue weighted by Gasteiger charge is -2.29. The Balaban J connectivity index is 1.72. The van der Waals surface area contributed by atoms with Gasteiger partial charge in [0.1, 0.15) is 0 Å². The third kappa shape index (κ3) is 4.67. The number of nitrogens with one attached hydrogen (secondary N) is 1. The average molecular weight is 365 g/mol. The van der Waals surface area contributed by atoms with Crippen molar-refractivity contribution in [1.29, 1.82) is 0 Å². The minimum atomic E-state index is -2.48. The Morgan fingerprint density at radius 2 is 1.92 bits per heavy atom. The van der Waals surface area contributed by atoms with E-state index in [0.717, 1.165) is 0 Å². The van der Waals surface area contributed by atoms with Gasteiger partial charge in [0.2, 0.25) is 0 Å². The van der Waals surface area contributed by atoms with E-state index in [4.69, 9.17) is 4.74 Å². The van der Waals surface area contributed by atoms with Crippen molar-refractivity contribution in [3.8, 4) is 0 Å². The molecular weight excluding hydrogens is 348 g/mol. The molecule has 0 unspecified atom stereocenters. The number of carbonyl (C=O) groups excluding carboxylic acids is 1. The highest BCUT2D eigenvalue weighted by Crippen LogP contribution is 2.26. The Hall–Kier alpha value is -2.19. The molecule has 0 bridgehead atoms. The van der Waals surface area contributed by atoms with Crippen LogP contribution in [0.1, 0.15) is 10.4 Å². The fourth-order valence-electron chi connectivity index (χ4n) is 2.50. The molecule has 0 saturated carbocycles. The number of rotatable bonds is 5. The van der Waals surface area contributed by atoms with Gasteiger partial charge in [-0.25, -0.2) is 4.98 Å². The van der Waals surface area contributed by atoms with Crippen LogP contribution in [0.5, 0.6) is 0 Å². The van der Waals surface area contributed by atoms with Gasteiger partial charge in [0.15, 0.2) is 5.82 Å². The van der Waals surface area contributed by atoms with E-state index in [1.165, 1.54) is 24.3 Å². The van der Waals surface area contributed by atoms with Gasteiger partial charge in [-0.1, -0.05) is 11.8 Å². The lowest BCUT2D eigenvalue weighted by Crippen LogP contribution is -2.37. The van der Waals surface area contributed by atoms with E-state index in [1.807, 2.05) is 0 Å². The van der Waals surface area contributed by atoms with Crippen molar-refractivity contribution in [2.24, 2.45) is 0 Å². The molecule has 5 nitrogen and oxygen atoms in total. The fourth-order valence-corrected chi connectivity index (χ4v) is 3.00. The van der Waals surface area contributed by atoms with Crippen LogP contribution in [-0.2, 0) is 4.74 Å². The second-order valence-electron chi connectivity index (χ2n) is 5.33. The van der Waals surface area contributed by atoms with Crippen molar-refractivity contribution >= 4 is 29.2 Å². The summed E-state index contributed by atoms with van der Waals surface area (Å²) in [6, 6.07) is 9.63. The van der Waals surface area contributed by atoms with Gasteiger partial charge in [0.05, 0.1) is 18.9 Å². The zero-order valence-corrected chi connectivity index (χ0v) is 14.1. The van der Waals surface area contributed by atoms with Crippen molar-refractivity contribution in [3.63, 3.8) is 0 Å². The smallest absolute Gasteiger partial charge is 0.288 e. The van der Waals surface area contributed by atoms with E-state index in [2.05, 4.69) is 15.2 Å². The van der Waals surface area contributed by atoms with E-state index in [-0.39, 0.29) is 5.91 Å². The first kappa shape index (κ1) is 17.6. The van der Waals surface area contributed by atoms with Crippen LogP contribution < -0.4 is 10.2 Å². The molecule has 8 heteroatoms. The highest BCUT2D eigenvalue weighted by molar-refractivity contribution is 7.99. The number of benzene rings is 1. The standard InChI is InChI=1S/C17H17F2N3O2S/c18-17(19)25-13-5-3-12(4-6-13)16(23)21-14-2-1-7-20-15(14)22-8-10-24-11-9-22/h1-7,17H,8-11H2,(H,21,23). The number of anilines is 2. The number of hydrogen-bond donors (Lipinski definition) is 1. The van der Waals surface area contributed by atoms with Gasteiger partial charge in [-0.05, 0) is 36.4 Å².